The topological polar surface area (TPSA) is 75.6 Å². The lowest BCUT2D eigenvalue weighted by molar-refractivity contribution is -0.124. The van der Waals surface area contributed by atoms with E-state index in [2.05, 4.69) is 5.32 Å². The van der Waals surface area contributed by atoms with Gasteiger partial charge >= 0.3 is 5.97 Å². The average molecular weight is 299 g/mol. The van der Waals surface area contributed by atoms with Gasteiger partial charge in [-0.2, -0.15) is 0 Å². The molecule has 0 saturated carbocycles. The van der Waals surface area contributed by atoms with E-state index < -0.39 is 5.97 Å². The molecule has 6 heteroatoms. The van der Waals surface area contributed by atoms with Gasteiger partial charge in [-0.05, 0) is 25.3 Å². The van der Waals surface area contributed by atoms with E-state index >= 15 is 0 Å². The van der Waals surface area contributed by atoms with Crippen LogP contribution < -0.4 is 10.1 Å². The lowest BCUT2D eigenvalue weighted by atomic mass is 10.1. The van der Waals surface area contributed by atoms with E-state index in [1.807, 2.05) is 27.7 Å². The minimum Gasteiger partial charge on any atom is -0.482 e. The number of aromatic carboxylic acids is 1. The second-order valence-electron chi connectivity index (χ2n) is 4.95. The SMILES string of the molecule is CCc1cc(OCC(=O)NC(C)C(C)C)c(C(=O)O)s1. The van der Waals surface area contributed by atoms with Gasteiger partial charge < -0.3 is 15.2 Å². The molecule has 0 radical (unpaired) electrons. The molecule has 1 heterocycles. The fourth-order valence-electron chi connectivity index (χ4n) is 1.46. The highest BCUT2D eigenvalue weighted by Gasteiger charge is 2.18. The van der Waals surface area contributed by atoms with E-state index in [4.69, 9.17) is 9.84 Å². The third-order valence-corrected chi connectivity index (χ3v) is 4.29. The Hall–Kier alpha value is -1.56. The maximum Gasteiger partial charge on any atom is 0.349 e. The van der Waals surface area contributed by atoms with Crippen LogP contribution in [0.2, 0.25) is 0 Å². The van der Waals surface area contributed by atoms with Crippen LogP contribution in [0.15, 0.2) is 6.07 Å². The first kappa shape index (κ1) is 16.5. The summed E-state index contributed by atoms with van der Waals surface area (Å²) in [6, 6.07) is 1.74. The fraction of sp³-hybridized carbons (Fsp3) is 0.571. The van der Waals surface area contributed by atoms with Crippen molar-refractivity contribution in [3.8, 4) is 5.75 Å². The Bertz CT molecular complexity index is 482. The third-order valence-electron chi connectivity index (χ3n) is 3.04. The number of hydrogen-bond donors (Lipinski definition) is 2. The lowest BCUT2D eigenvalue weighted by Gasteiger charge is -2.17. The molecule has 0 aromatic carbocycles. The highest BCUT2D eigenvalue weighted by atomic mass is 32.1. The van der Waals surface area contributed by atoms with Gasteiger partial charge in [0.1, 0.15) is 5.75 Å². The van der Waals surface area contributed by atoms with E-state index in [0.29, 0.717) is 5.92 Å². The zero-order chi connectivity index (χ0) is 15.3. The van der Waals surface area contributed by atoms with Crippen molar-refractivity contribution in [2.24, 2.45) is 5.92 Å². The Morgan fingerprint density at radius 3 is 2.55 bits per heavy atom. The molecule has 5 nitrogen and oxygen atoms in total. The predicted octanol–water partition coefficient (Wildman–Crippen LogP) is 2.55. The molecule has 112 valence electrons. The summed E-state index contributed by atoms with van der Waals surface area (Å²) in [6.45, 7) is 7.72. The number of thiophene rings is 1. The molecule has 1 amide bonds. The maximum atomic E-state index is 11.7. The van der Waals surface area contributed by atoms with Gasteiger partial charge in [0.25, 0.3) is 5.91 Å². The van der Waals surface area contributed by atoms with Crippen LogP contribution in [0.3, 0.4) is 0 Å². The zero-order valence-electron chi connectivity index (χ0n) is 12.2. The van der Waals surface area contributed by atoms with Gasteiger partial charge in [0.2, 0.25) is 0 Å². The van der Waals surface area contributed by atoms with E-state index in [9.17, 15) is 9.59 Å². The number of carbonyl (C=O) groups excluding carboxylic acids is 1. The van der Waals surface area contributed by atoms with Gasteiger partial charge in [-0.1, -0.05) is 20.8 Å². The molecule has 1 aromatic rings. The van der Waals surface area contributed by atoms with Crippen molar-refractivity contribution in [1.82, 2.24) is 5.32 Å². The molecule has 1 atom stereocenters. The van der Waals surface area contributed by atoms with Crippen molar-refractivity contribution in [3.05, 3.63) is 15.8 Å². The number of amides is 1. The molecule has 0 saturated heterocycles. The van der Waals surface area contributed by atoms with Crippen LogP contribution >= 0.6 is 11.3 Å². The highest BCUT2D eigenvalue weighted by molar-refractivity contribution is 7.14. The van der Waals surface area contributed by atoms with Crippen LogP contribution in [0.4, 0.5) is 0 Å². The molecule has 2 N–H and O–H groups in total. The number of rotatable bonds is 7. The lowest BCUT2D eigenvalue weighted by Crippen LogP contribution is -2.39. The molecule has 1 unspecified atom stereocenters. The Balaban J connectivity index is 2.63. The van der Waals surface area contributed by atoms with Crippen LogP contribution in [0.5, 0.6) is 5.75 Å². The van der Waals surface area contributed by atoms with Gasteiger partial charge in [-0.15, -0.1) is 11.3 Å². The predicted molar refractivity (Wildman–Crippen MR) is 78.6 cm³/mol. The van der Waals surface area contributed by atoms with Gasteiger partial charge in [0.05, 0.1) is 0 Å². The molecule has 0 spiro atoms. The van der Waals surface area contributed by atoms with Crippen LogP contribution in [0.1, 0.15) is 42.2 Å². The number of carbonyl (C=O) groups is 2. The quantitative estimate of drug-likeness (QED) is 0.811. The molecular weight excluding hydrogens is 278 g/mol. The molecule has 1 aromatic heterocycles. The minimum absolute atomic E-state index is 0.0544. The zero-order valence-corrected chi connectivity index (χ0v) is 13.0. The smallest absolute Gasteiger partial charge is 0.349 e. The van der Waals surface area contributed by atoms with Crippen molar-refractivity contribution in [1.29, 1.82) is 0 Å². The third kappa shape index (κ3) is 4.52. The van der Waals surface area contributed by atoms with Crippen LogP contribution in [0, 0.1) is 5.92 Å². The number of carboxylic acids is 1. The maximum absolute atomic E-state index is 11.7. The largest absolute Gasteiger partial charge is 0.482 e. The number of aryl methyl sites for hydroxylation is 1. The second-order valence-corrected chi connectivity index (χ2v) is 6.09. The Labute approximate surface area is 123 Å². The van der Waals surface area contributed by atoms with Crippen molar-refractivity contribution >= 4 is 23.2 Å². The van der Waals surface area contributed by atoms with Gasteiger partial charge in [0, 0.05) is 10.9 Å². The van der Waals surface area contributed by atoms with E-state index in [1.165, 1.54) is 11.3 Å². The molecular formula is C14H21NO4S. The number of ether oxygens (including phenoxy) is 1. The first-order valence-electron chi connectivity index (χ1n) is 6.63. The Kier molecular flexibility index (Phi) is 6.01. The molecule has 0 aliphatic carbocycles. The number of carboxylic acid groups (broad SMARTS) is 1. The second kappa shape index (κ2) is 7.28. The van der Waals surface area contributed by atoms with Gasteiger partial charge in [-0.3, -0.25) is 4.79 Å². The van der Waals surface area contributed by atoms with E-state index in [0.717, 1.165) is 11.3 Å². The Morgan fingerprint density at radius 2 is 2.05 bits per heavy atom. The average Bonchev–Trinajstić information content (AvgIpc) is 2.79. The molecule has 0 fully saturated rings. The normalized spacial score (nSPS) is 12.2. The number of hydrogen-bond acceptors (Lipinski definition) is 4. The summed E-state index contributed by atoms with van der Waals surface area (Å²) in [5.41, 5.74) is 0. The van der Waals surface area contributed by atoms with Crippen molar-refractivity contribution in [3.63, 3.8) is 0 Å². The number of nitrogens with one attached hydrogen (secondary N) is 1. The summed E-state index contributed by atoms with van der Waals surface area (Å²) < 4.78 is 5.34. The summed E-state index contributed by atoms with van der Waals surface area (Å²) in [7, 11) is 0. The monoisotopic (exact) mass is 299 g/mol. The molecule has 0 bridgehead atoms. The molecule has 20 heavy (non-hydrogen) atoms. The summed E-state index contributed by atoms with van der Waals surface area (Å²) in [4.78, 5) is 23.9. The van der Waals surface area contributed by atoms with Crippen LogP contribution in [0.25, 0.3) is 0 Å². The van der Waals surface area contributed by atoms with E-state index in [1.54, 1.807) is 6.07 Å². The Morgan fingerprint density at radius 1 is 1.40 bits per heavy atom. The van der Waals surface area contributed by atoms with Crippen LogP contribution in [-0.2, 0) is 11.2 Å². The minimum atomic E-state index is -1.03. The van der Waals surface area contributed by atoms with Gasteiger partial charge in [0.15, 0.2) is 11.5 Å². The molecule has 0 aliphatic rings. The molecule has 1 rings (SSSR count). The first-order chi connectivity index (χ1) is 9.35. The summed E-state index contributed by atoms with van der Waals surface area (Å²) in [6.07, 6.45) is 0.741. The molecule has 0 aliphatic heterocycles. The summed E-state index contributed by atoms with van der Waals surface area (Å²) in [5, 5.41) is 11.9. The van der Waals surface area contributed by atoms with E-state index in [-0.39, 0.29) is 29.2 Å². The van der Waals surface area contributed by atoms with Crippen molar-refractivity contribution < 1.29 is 19.4 Å². The summed E-state index contributed by atoms with van der Waals surface area (Å²) >= 11 is 1.18. The van der Waals surface area contributed by atoms with Gasteiger partial charge in [-0.25, -0.2) is 4.79 Å². The fourth-order valence-corrected chi connectivity index (χ4v) is 2.34. The van der Waals surface area contributed by atoms with Crippen molar-refractivity contribution in [2.45, 2.75) is 40.2 Å². The summed E-state index contributed by atoms with van der Waals surface area (Å²) in [5.74, 6) is -0.666. The first-order valence-corrected chi connectivity index (χ1v) is 7.45. The highest BCUT2D eigenvalue weighted by Crippen LogP contribution is 2.29. The standard InChI is InChI=1S/C14H21NO4S/c1-5-10-6-11(13(20-10)14(17)18)19-7-12(16)15-9(4)8(2)3/h6,8-9H,5,7H2,1-4H3,(H,15,16)(H,17,18). The van der Waals surface area contributed by atoms with Crippen molar-refractivity contribution in [2.75, 3.05) is 6.61 Å². The van der Waals surface area contributed by atoms with Crippen LogP contribution in [-0.4, -0.2) is 29.6 Å².